The monoisotopic (exact) mass is 388 g/mol. The predicted molar refractivity (Wildman–Crippen MR) is 106 cm³/mol. The second-order valence-corrected chi connectivity index (χ2v) is 6.75. The molecule has 0 aliphatic carbocycles. The first-order chi connectivity index (χ1) is 10.5. The Balaban J connectivity index is 0.00000192. The van der Waals surface area contributed by atoms with Gasteiger partial charge < -0.3 is 5.73 Å². The summed E-state index contributed by atoms with van der Waals surface area (Å²) in [5.74, 6) is 0. The Morgan fingerprint density at radius 2 is 1.70 bits per heavy atom. The van der Waals surface area contributed by atoms with Gasteiger partial charge in [-0.2, -0.15) is 0 Å². The van der Waals surface area contributed by atoms with Crippen molar-refractivity contribution < 1.29 is 0 Å². The minimum Gasteiger partial charge on any atom is -0.399 e. The molecule has 2 N–H and O–H groups in total. The first-order valence-electron chi connectivity index (χ1n) is 7.40. The lowest BCUT2D eigenvalue weighted by Gasteiger charge is -2.08. The van der Waals surface area contributed by atoms with Crippen molar-refractivity contribution in [1.29, 1.82) is 0 Å². The second-order valence-electron chi connectivity index (χ2n) is 5.80. The van der Waals surface area contributed by atoms with Crippen LogP contribution in [0.1, 0.15) is 27.3 Å². The van der Waals surface area contributed by atoms with E-state index in [0.29, 0.717) is 0 Å². The molecule has 0 saturated heterocycles. The average Bonchev–Trinajstić information content (AvgIpc) is 2.94. The third-order valence-corrected chi connectivity index (χ3v) is 4.81. The zero-order valence-electron chi connectivity index (χ0n) is 13.6. The molecule has 0 saturated carbocycles. The van der Waals surface area contributed by atoms with Crippen molar-refractivity contribution in [2.24, 2.45) is 0 Å². The Morgan fingerprint density at radius 1 is 1.00 bits per heavy atom. The number of rotatable bonds is 3. The number of nitrogens with zero attached hydrogens (tertiary/aromatic N) is 1. The quantitative estimate of drug-likeness (QED) is 0.602. The lowest BCUT2D eigenvalue weighted by Crippen LogP contribution is -1.97. The van der Waals surface area contributed by atoms with Crippen LogP contribution in [-0.2, 0) is 6.42 Å². The smallest absolute Gasteiger partial charge is 0.0976 e. The van der Waals surface area contributed by atoms with Gasteiger partial charge in [0.15, 0.2) is 0 Å². The highest BCUT2D eigenvalue weighted by Crippen LogP contribution is 2.26. The second kappa shape index (κ2) is 7.28. The van der Waals surface area contributed by atoms with E-state index in [4.69, 9.17) is 10.7 Å². The van der Waals surface area contributed by atoms with Crippen LogP contribution >= 0.6 is 28.3 Å². The molecule has 0 radical (unpaired) electrons. The predicted octanol–water partition coefficient (Wildman–Crippen LogP) is 5.49. The fourth-order valence-electron chi connectivity index (χ4n) is 2.50. The summed E-state index contributed by atoms with van der Waals surface area (Å²) < 4.78 is 0. The van der Waals surface area contributed by atoms with Gasteiger partial charge in [-0.3, -0.25) is 0 Å². The van der Waals surface area contributed by atoms with Gasteiger partial charge in [-0.25, -0.2) is 4.98 Å². The van der Waals surface area contributed by atoms with Gasteiger partial charge in [0.25, 0.3) is 0 Å². The van der Waals surface area contributed by atoms with Gasteiger partial charge in [0.1, 0.15) is 0 Å². The van der Waals surface area contributed by atoms with Gasteiger partial charge in [-0.05, 0) is 43.5 Å². The normalized spacial score (nSPS) is 10.4. The van der Waals surface area contributed by atoms with Gasteiger partial charge >= 0.3 is 0 Å². The largest absolute Gasteiger partial charge is 0.399 e. The molecule has 23 heavy (non-hydrogen) atoms. The molecule has 0 bridgehead atoms. The van der Waals surface area contributed by atoms with Crippen LogP contribution in [0.5, 0.6) is 0 Å². The van der Waals surface area contributed by atoms with E-state index >= 15 is 0 Å². The number of aromatic nitrogens is 1. The van der Waals surface area contributed by atoms with Crippen molar-refractivity contribution >= 4 is 34.0 Å². The number of aryl methyl sites for hydroxylation is 3. The molecule has 0 aliphatic rings. The topological polar surface area (TPSA) is 38.9 Å². The summed E-state index contributed by atoms with van der Waals surface area (Å²) in [5, 5.41) is 3.28. The molecule has 1 aromatic heterocycles. The van der Waals surface area contributed by atoms with E-state index in [1.54, 1.807) is 11.3 Å². The lowest BCUT2D eigenvalue weighted by molar-refractivity contribution is 1.11. The standard InChI is InChI=1S/C19H20N2S.BrH/c1-12-4-6-15(7-5-12)18-11-22-19(21-18)10-16-8-14(3)17(20)9-13(16)2;/h4-9,11H,10,20H2,1-3H3;1H. The Bertz CT molecular complexity index is 807. The summed E-state index contributed by atoms with van der Waals surface area (Å²) in [4.78, 5) is 4.79. The molecular formula is C19H21BrN2S. The van der Waals surface area contributed by atoms with Crippen molar-refractivity contribution in [2.45, 2.75) is 27.2 Å². The first kappa shape index (κ1) is 17.7. The number of halogens is 1. The van der Waals surface area contributed by atoms with E-state index in [2.05, 4.69) is 62.5 Å². The van der Waals surface area contributed by atoms with Crippen LogP contribution < -0.4 is 5.73 Å². The van der Waals surface area contributed by atoms with Crippen LogP contribution in [0.2, 0.25) is 0 Å². The lowest BCUT2D eigenvalue weighted by atomic mass is 10.0. The van der Waals surface area contributed by atoms with E-state index in [9.17, 15) is 0 Å². The van der Waals surface area contributed by atoms with Crippen molar-refractivity contribution in [3.05, 3.63) is 69.0 Å². The number of hydrogen-bond donors (Lipinski definition) is 1. The fraction of sp³-hybridized carbons (Fsp3) is 0.211. The zero-order valence-corrected chi connectivity index (χ0v) is 16.1. The first-order valence-corrected chi connectivity index (χ1v) is 8.28. The molecule has 2 aromatic carbocycles. The van der Waals surface area contributed by atoms with Crippen LogP contribution in [0, 0.1) is 20.8 Å². The van der Waals surface area contributed by atoms with Gasteiger partial charge in [0.2, 0.25) is 0 Å². The molecule has 0 amide bonds. The number of hydrogen-bond acceptors (Lipinski definition) is 3. The number of nitrogen functional groups attached to an aromatic ring is 1. The Hall–Kier alpha value is -1.65. The molecule has 3 aromatic rings. The van der Waals surface area contributed by atoms with E-state index < -0.39 is 0 Å². The fourth-order valence-corrected chi connectivity index (χ4v) is 3.33. The van der Waals surface area contributed by atoms with Crippen molar-refractivity contribution in [3.8, 4) is 11.3 Å². The number of benzene rings is 2. The Kier molecular flexibility index (Phi) is 5.60. The van der Waals surface area contributed by atoms with E-state index in [-0.39, 0.29) is 17.0 Å². The number of anilines is 1. The molecule has 2 nitrogen and oxygen atoms in total. The van der Waals surface area contributed by atoms with Crippen LogP contribution in [0.25, 0.3) is 11.3 Å². The van der Waals surface area contributed by atoms with Crippen molar-refractivity contribution in [2.75, 3.05) is 5.73 Å². The van der Waals surface area contributed by atoms with Gasteiger partial charge in [0, 0.05) is 23.1 Å². The SMILES string of the molecule is Br.Cc1ccc(-c2csc(Cc3cc(C)c(N)cc3C)n2)cc1. The maximum Gasteiger partial charge on any atom is 0.0976 e. The minimum absolute atomic E-state index is 0. The highest BCUT2D eigenvalue weighted by molar-refractivity contribution is 8.93. The number of thiazole rings is 1. The van der Waals surface area contributed by atoms with Gasteiger partial charge in [-0.15, -0.1) is 28.3 Å². The molecule has 1 heterocycles. The maximum absolute atomic E-state index is 5.96. The molecule has 120 valence electrons. The molecule has 0 fully saturated rings. The van der Waals surface area contributed by atoms with Gasteiger partial charge in [-0.1, -0.05) is 35.9 Å². The molecule has 0 aliphatic heterocycles. The van der Waals surface area contributed by atoms with Crippen LogP contribution in [-0.4, -0.2) is 4.98 Å². The third-order valence-electron chi connectivity index (χ3n) is 3.97. The zero-order chi connectivity index (χ0) is 15.7. The molecule has 4 heteroatoms. The minimum atomic E-state index is 0. The molecule has 0 atom stereocenters. The van der Waals surface area contributed by atoms with Crippen molar-refractivity contribution in [3.63, 3.8) is 0 Å². The summed E-state index contributed by atoms with van der Waals surface area (Å²) in [6.07, 6.45) is 0.865. The van der Waals surface area contributed by atoms with Crippen LogP contribution in [0.4, 0.5) is 5.69 Å². The van der Waals surface area contributed by atoms with Crippen LogP contribution in [0.3, 0.4) is 0 Å². The third kappa shape index (κ3) is 4.01. The van der Waals surface area contributed by atoms with E-state index in [1.807, 2.05) is 0 Å². The molecule has 0 unspecified atom stereocenters. The van der Waals surface area contributed by atoms with Gasteiger partial charge in [0.05, 0.1) is 10.7 Å². The summed E-state index contributed by atoms with van der Waals surface area (Å²) in [7, 11) is 0. The molecule has 3 rings (SSSR count). The highest BCUT2D eigenvalue weighted by Gasteiger charge is 2.08. The summed E-state index contributed by atoms with van der Waals surface area (Å²) in [5.41, 5.74) is 14.0. The van der Waals surface area contributed by atoms with E-state index in [0.717, 1.165) is 28.4 Å². The Labute approximate surface area is 152 Å². The van der Waals surface area contributed by atoms with Crippen molar-refractivity contribution in [1.82, 2.24) is 4.98 Å². The summed E-state index contributed by atoms with van der Waals surface area (Å²) in [6, 6.07) is 12.8. The maximum atomic E-state index is 5.96. The van der Waals surface area contributed by atoms with Crippen LogP contribution in [0.15, 0.2) is 41.8 Å². The number of nitrogens with two attached hydrogens (primary N) is 1. The van der Waals surface area contributed by atoms with E-state index in [1.165, 1.54) is 22.3 Å². The highest BCUT2D eigenvalue weighted by atomic mass is 79.9. The molecule has 0 spiro atoms. The average molecular weight is 389 g/mol. The summed E-state index contributed by atoms with van der Waals surface area (Å²) in [6.45, 7) is 6.26. The summed E-state index contributed by atoms with van der Waals surface area (Å²) >= 11 is 1.72. The molecular weight excluding hydrogens is 368 g/mol. The Morgan fingerprint density at radius 3 is 2.39 bits per heavy atom.